The Morgan fingerprint density at radius 1 is 1.37 bits per heavy atom. The van der Waals surface area contributed by atoms with Crippen molar-refractivity contribution in [3.8, 4) is 0 Å². The molecule has 0 spiro atoms. The SMILES string of the molecule is CC(C)(C)S(=O)(=O)CCn1nc2n(c1=O)CCNC2. The van der Waals surface area contributed by atoms with Crippen molar-refractivity contribution in [1.82, 2.24) is 19.7 Å². The standard InChI is InChI=1S/C11H20N4O3S/c1-11(2,3)19(17,18)7-6-15-10(16)14-5-4-12-8-9(14)13-15/h12H,4-8H2,1-3H3. The lowest BCUT2D eigenvalue weighted by Crippen LogP contribution is -2.36. The van der Waals surface area contributed by atoms with Crippen LogP contribution in [0.1, 0.15) is 26.6 Å². The second-order valence-corrected chi connectivity index (χ2v) is 8.54. The van der Waals surface area contributed by atoms with Crippen LogP contribution in [0.2, 0.25) is 0 Å². The van der Waals surface area contributed by atoms with Gasteiger partial charge in [-0.25, -0.2) is 17.9 Å². The van der Waals surface area contributed by atoms with E-state index in [0.29, 0.717) is 18.9 Å². The molecule has 0 aromatic carbocycles. The molecular weight excluding hydrogens is 268 g/mol. The number of nitrogens with one attached hydrogen (secondary N) is 1. The van der Waals surface area contributed by atoms with Gasteiger partial charge in [0, 0.05) is 13.1 Å². The van der Waals surface area contributed by atoms with E-state index in [0.717, 1.165) is 6.54 Å². The number of aromatic nitrogens is 3. The van der Waals surface area contributed by atoms with Gasteiger partial charge in [-0.05, 0) is 20.8 Å². The van der Waals surface area contributed by atoms with Gasteiger partial charge in [0.05, 0.1) is 23.6 Å². The highest BCUT2D eigenvalue weighted by Crippen LogP contribution is 2.15. The first-order chi connectivity index (χ1) is 8.72. The van der Waals surface area contributed by atoms with E-state index in [4.69, 9.17) is 0 Å². The van der Waals surface area contributed by atoms with Crippen LogP contribution in [0, 0.1) is 0 Å². The van der Waals surface area contributed by atoms with Gasteiger partial charge in [0.2, 0.25) is 0 Å². The number of hydrogen-bond donors (Lipinski definition) is 1. The van der Waals surface area contributed by atoms with Crippen molar-refractivity contribution in [1.29, 1.82) is 0 Å². The molecule has 1 aliphatic rings. The molecule has 1 aromatic rings. The van der Waals surface area contributed by atoms with E-state index in [1.165, 1.54) is 4.68 Å². The third kappa shape index (κ3) is 2.74. The third-order valence-corrected chi connectivity index (χ3v) is 5.89. The van der Waals surface area contributed by atoms with Crippen molar-refractivity contribution < 1.29 is 8.42 Å². The van der Waals surface area contributed by atoms with Crippen LogP contribution in [0.25, 0.3) is 0 Å². The topological polar surface area (TPSA) is 86.0 Å². The molecule has 2 heterocycles. The number of nitrogens with zero attached hydrogens (tertiary/aromatic N) is 3. The first-order valence-electron chi connectivity index (χ1n) is 6.32. The quantitative estimate of drug-likeness (QED) is 0.799. The summed E-state index contributed by atoms with van der Waals surface area (Å²) in [6.07, 6.45) is 0. The molecule has 0 saturated carbocycles. The summed E-state index contributed by atoms with van der Waals surface area (Å²) in [5.74, 6) is 0.602. The maximum Gasteiger partial charge on any atom is 0.346 e. The van der Waals surface area contributed by atoms with Crippen LogP contribution >= 0.6 is 0 Å². The lowest BCUT2D eigenvalue weighted by atomic mass is 10.3. The van der Waals surface area contributed by atoms with E-state index in [-0.39, 0.29) is 18.0 Å². The minimum absolute atomic E-state index is 0.0692. The summed E-state index contributed by atoms with van der Waals surface area (Å²) in [4.78, 5) is 12.0. The highest BCUT2D eigenvalue weighted by atomic mass is 32.2. The fraction of sp³-hybridized carbons (Fsp3) is 0.818. The molecule has 108 valence electrons. The van der Waals surface area contributed by atoms with Crippen molar-refractivity contribution in [3.63, 3.8) is 0 Å². The molecule has 1 aliphatic heterocycles. The summed E-state index contributed by atoms with van der Waals surface area (Å²) in [6.45, 7) is 6.96. The molecule has 1 N–H and O–H groups in total. The largest absolute Gasteiger partial charge is 0.346 e. The van der Waals surface area contributed by atoms with Gasteiger partial charge in [-0.2, -0.15) is 5.10 Å². The van der Waals surface area contributed by atoms with Gasteiger partial charge in [-0.15, -0.1) is 0 Å². The monoisotopic (exact) mass is 288 g/mol. The minimum atomic E-state index is -3.24. The maximum absolute atomic E-state index is 12.0. The summed E-state index contributed by atoms with van der Waals surface area (Å²) < 4.78 is 26.1. The third-order valence-electron chi connectivity index (χ3n) is 3.30. The zero-order chi connectivity index (χ0) is 14.3. The molecule has 0 atom stereocenters. The molecule has 8 heteroatoms. The first kappa shape index (κ1) is 14.3. The number of hydrogen-bond acceptors (Lipinski definition) is 5. The van der Waals surface area contributed by atoms with E-state index in [2.05, 4.69) is 10.4 Å². The van der Waals surface area contributed by atoms with Crippen LogP contribution in [-0.4, -0.2) is 39.8 Å². The van der Waals surface area contributed by atoms with Gasteiger partial charge >= 0.3 is 5.69 Å². The number of fused-ring (bicyclic) bond motifs is 1. The maximum atomic E-state index is 12.0. The van der Waals surface area contributed by atoms with Gasteiger partial charge in [0.15, 0.2) is 9.84 Å². The summed E-state index contributed by atoms with van der Waals surface area (Å²) in [6, 6.07) is 0. The van der Waals surface area contributed by atoms with Crippen molar-refractivity contribution in [2.75, 3.05) is 12.3 Å². The Kier molecular flexibility index (Phi) is 3.57. The predicted molar refractivity (Wildman–Crippen MR) is 71.7 cm³/mol. The fourth-order valence-corrected chi connectivity index (χ4v) is 2.92. The van der Waals surface area contributed by atoms with Crippen LogP contribution in [0.4, 0.5) is 0 Å². The van der Waals surface area contributed by atoms with Crippen LogP contribution in [0.15, 0.2) is 4.79 Å². The van der Waals surface area contributed by atoms with Crippen LogP contribution in [-0.2, 0) is 29.5 Å². The summed E-state index contributed by atoms with van der Waals surface area (Å²) >= 11 is 0. The molecule has 7 nitrogen and oxygen atoms in total. The average molecular weight is 288 g/mol. The minimum Gasteiger partial charge on any atom is -0.308 e. The molecule has 0 aliphatic carbocycles. The molecule has 1 aromatic heterocycles. The molecule has 0 saturated heterocycles. The highest BCUT2D eigenvalue weighted by molar-refractivity contribution is 7.92. The summed E-state index contributed by atoms with van der Waals surface area (Å²) in [5.41, 5.74) is -0.222. The van der Waals surface area contributed by atoms with Gasteiger partial charge in [-0.3, -0.25) is 4.57 Å². The van der Waals surface area contributed by atoms with Crippen molar-refractivity contribution >= 4 is 9.84 Å². The van der Waals surface area contributed by atoms with E-state index in [1.54, 1.807) is 25.3 Å². The highest BCUT2D eigenvalue weighted by Gasteiger charge is 2.29. The van der Waals surface area contributed by atoms with Gasteiger partial charge in [0.25, 0.3) is 0 Å². The Bertz CT molecular complexity index is 621. The second-order valence-electron chi connectivity index (χ2n) is 5.68. The van der Waals surface area contributed by atoms with Crippen molar-refractivity contribution in [2.24, 2.45) is 0 Å². The second kappa shape index (κ2) is 4.75. The molecule has 0 radical (unpaired) electrons. The zero-order valence-corrected chi connectivity index (χ0v) is 12.3. The Morgan fingerprint density at radius 2 is 2.05 bits per heavy atom. The smallest absolute Gasteiger partial charge is 0.308 e. The molecule has 0 bridgehead atoms. The number of aryl methyl sites for hydroxylation is 1. The van der Waals surface area contributed by atoms with Gasteiger partial charge < -0.3 is 5.32 Å². The Morgan fingerprint density at radius 3 is 2.63 bits per heavy atom. The van der Waals surface area contributed by atoms with E-state index in [1.807, 2.05) is 0 Å². The summed E-state index contributed by atoms with van der Waals surface area (Å²) in [7, 11) is -3.24. The van der Waals surface area contributed by atoms with Crippen LogP contribution < -0.4 is 11.0 Å². The Labute approximate surface area is 112 Å². The van der Waals surface area contributed by atoms with Crippen molar-refractivity contribution in [2.45, 2.75) is 45.2 Å². The molecular formula is C11H20N4O3S. The molecule has 19 heavy (non-hydrogen) atoms. The molecule has 2 rings (SSSR count). The van der Waals surface area contributed by atoms with E-state index >= 15 is 0 Å². The van der Waals surface area contributed by atoms with Crippen molar-refractivity contribution in [3.05, 3.63) is 16.3 Å². The molecule has 0 fully saturated rings. The first-order valence-corrected chi connectivity index (χ1v) is 7.97. The lowest BCUT2D eigenvalue weighted by Gasteiger charge is -2.18. The molecule has 0 unspecified atom stereocenters. The molecule has 0 amide bonds. The zero-order valence-electron chi connectivity index (χ0n) is 11.5. The predicted octanol–water partition coefficient (Wildman–Crippen LogP) is -0.639. The van der Waals surface area contributed by atoms with Gasteiger partial charge in [-0.1, -0.05) is 0 Å². The number of sulfone groups is 1. The number of rotatable bonds is 3. The van der Waals surface area contributed by atoms with E-state index < -0.39 is 14.6 Å². The van der Waals surface area contributed by atoms with Crippen LogP contribution in [0.5, 0.6) is 0 Å². The Balaban J connectivity index is 2.18. The lowest BCUT2D eigenvalue weighted by molar-refractivity contribution is 0.497. The average Bonchev–Trinajstić information content (AvgIpc) is 2.63. The van der Waals surface area contributed by atoms with Crippen LogP contribution in [0.3, 0.4) is 0 Å². The van der Waals surface area contributed by atoms with Gasteiger partial charge in [0.1, 0.15) is 5.82 Å². The normalized spacial score (nSPS) is 16.4. The fourth-order valence-electron chi connectivity index (χ4n) is 1.89. The summed E-state index contributed by atoms with van der Waals surface area (Å²) in [5, 5.41) is 7.30. The Hall–Kier alpha value is -1.15. The van der Waals surface area contributed by atoms with E-state index in [9.17, 15) is 13.2 Å².